The first-order valence-electron chi connectivity index (χ1n) is 16.7. The number of aliphatic carboxylic acids is 3. The van der Waals surface area contributed by atoms with Gasteiger partial charge in [0, 0.05) is 6.42 Å². The van der Waals surface area contributed by atoms with Gasteiger partial charge in [0.2, 0.25) is 5.91 Å². The molecule has 0 aliphatic heterocycles. The van der Waals surface area contributed by atoms with Gasteiger partial charge in [-0.2, -0.15) is 0 Å². The van der Waals surface area contributed by atoms with Crippen LogP contribution < -0.4 is 10.1 Å². The van der Waals surface area contributed by atoms with Gasteiger partial charge in [-0.25, -0.2) is 9.59 Å². The lowest BCUT2D eigenvalue weighted by atomic mass is 9.82. The van der Waals surface area contributed by atoms with Crippen molar-refractivity contribution < 1.29 is 49.4 Å². The summed E-state index contributed by atoms with van der Waals surface area (Å²) in [6.07, 6.45) is 13.8. The van der Waals surface area contributed by atoms with E-state index in [1.807, 2.05) is 19.9 Å². The number of carboxylic acids is 3. The summed E-state index contributed by atoms with van der Waals surface area (Å²) in [4.78, 5) is 48.9. The van der Waals surface area contributed by atoms with Crippen LogP contribution in [0.1, 0.15) is 110 Å². The number of aliphatic hydroxyl groups is 2. The number of carboxylic acid groups (broad SMARTS) is 3. The molecule has 47 heavy (non-hydrogen) atoms. The molecule has 0 aromatic heterocycles. The molecule has 11 heteroatoms. The Morgan fingerprint density at radius 3 is 2.02 bits per heavy atom. The minimum Gasteiger partial charge on any atom is -0.490 e. The van der Waals surface area contributed by atoms with Crippen molar-refractivity contribution in [2.24, 2.45) is 5.92 Å². The molecule has 11 nitrogen and oxygen atoms in total. The zero-order valence-electron chi connectivity index (χ0n) is 28.2. The van der Waals surface area contributed by atoms with E-state index in [1.54, 1.807) is 24.3 Å². The maximum absolute atomic E-state index is 13.3. The summed E-state index contributed by atoms with van der Waals surface area (Å²) < 4.78 is 5.61. The molecule has 0 heterocycles. The molecule has 1 aromatic rings. The quantitative estimate of drug-likeness (QED) is 0.0533. The predicted octanol–water partition coefficient (Wildman–Crippen LogP) is 5.67. The van der Waals surface area contributed by atoms with Gasteiger partial charge in [-0.3, -0.25) is 9.59 Å². The Hall–Kier alpha value is -3.70. The number of hydrogen-bond donors (Lipinski definition) is 6. The average molecular weight is 662 g/mol. The van der Waals surface area contributed by atoms with E-state index in [0.29, 0.717) is 30.8 Å². The monoisotopic (exact) mass is 661 g/mol. The summed E-state index contributed by atoms with van der Waals surface area (Å²) in [6.45, 7) is 6.43. The van der Waals surface area contributed by atoms with Crippen molar-refractivity contribution in [1.29, 1.82) is 0 Å². The van der Waals surface area contributed by atoms with Crippen molar-refractivity contribution in [3.8, 4) is 5.75 Å². The van der Waals surface area contributed by atoms with Gasteiger partial charge in [-0.15, -0.1) is 0 Å². The molecule has 0 spiro atoms. The maximum Gasteiger partial charge on any atom is 0.337 e. The SMILES string of the molecule is CCCCCCCC(O)CCCCCCC=C[C@H](C(=O)N[C@@H](Cc1ccc(OCC=C(C)C)cc1)C(=O)O)[C@@](O)(CC(=O)O)C(=O)O. The van der Waals surface area contributed by atoms with Crippen LogP contribution in [0.5, 0.6) is 5.75 Å². The van der Waals surface area contributed by atoms with E-state index < -0.39 is 47.8 Å². The summed E-state index contributed by atoms with van der Waals surface area (Å²) in [5.74, 6) is -7.35. The molecule has 6 N–H and O–H groups in total. The topological polar surface area (TPSA) is 191 Å². The summed E-state index contributed by atoms with van der Waals surface area (Å²) in [5.41, 5.74) is -1.36. The van der Waals surface area contributed by atoms with E-state index in [-0.39, 0.29) is 12.5 Å². The molecule has 0 saturated heterocycles. The van der Waals surface area contributed by atoms with Crippen LogP contribution >= 0.6 is 0 Å². The van der Waals surface area contributed by atoms with Gasteiger partial charge in [0.05, 0.1) is 18.4 Å². The number of aliphatic hydroxyl groups excluding tert-OH is 1. The van der Waals surface area contributed by atoms with Gasteiger partial charge in [0.15, 0.2) is 5.60 Å². The van der Waals surface area contributed by atoms with Crippen molar-refractivity contribution in [1.82, 2.24) is 5.32 Å². The number of carbonyl (C=O) groups excluding carboxylic acids is 1. The molecule has 0 bridgehead atoms. The van der Waals surface area contributed by atoms with Crippen LogP contribution in [0.15, 0.2) is 48.1 Å². The number of hydrogen-bond acceptors (Lipinski definition) is 7. The first kappa shape index (κ1) is 41.3. The van der Waals surface area contributed by atoms with Crippen LogP contribution in [0, 0.1) is 5.92 Å². The summed E-state index contributed by atoms with van der Waals surface area (Å²) in [5, 5.41) is 52.3. The fourth-order valence-corrected chi connectivity index (χ4v) is 5.09. The molecule has 0 aliphatic rings. The van der Waals surface area contributed by atoms with E-state index >= 15 is 0 Å². The van der Waals surface area contributed by atoms with Crippen LogP contribution in [0.2, 0.25) is 0 Å². The number of carbonyl (C=O) groups is 4. The highest BCUT2D eigenvalue weighted by molar-refractivity contribution is 5.94. The second-order valence-electron chi connectivity index (χ2n) is 12.4. The number of nitrogens with one attached hydrogen (secondary N) is 1. The fraction of sp³-hybridized carbons (Fsp3) is 0.611. The molecule has 264 valence electrons. The van der Waals surface area contributed by atoms with Gasteiger partial charge in [0.25, 0.3) is 0 Å². The molecule has 0 saturated carbocycles. The fourth-order valence-electron chi connectivity index (χ4n) is 5.09. The summed E-state index contributed by atoms with van der Waals surface area (Å²) >= 11 is 0. The lowest BCUT2D eigenvalue weighted by Crippen LogP contribution is -2.55. The third kappa shape index (κ3) is 17.1. The van der Waals surface area contributed by atoms with E-state index in [1.165, 1.54) is 25.3 Å². The van der Waals surface area contributed by atoms with Crippen molar-refractivity contribution >= 4 is 23.8 Å². The molecule has 1 aromatic carbocycles. The van der Waals surface area contributed by atoms with Crippen LogP contribution in [-0.2, 0) is 25.6 Å². The minimum absolute atomic E-state index is 0.149. The van der Waals surface area contributed by atoms with Crippen molar-refractivity contribution in [3.63, 3.8) is 0 Å². The molecule has 1 rings (SSSR count). The smallest absolute Gasteiger partial charge is 0.337 e. The summed E-state index contributed by atoms with van der Waals surface area (Å²) in [6, 6.07) is 5.13. The van der Waals surface area contributed by atoms with Crippen molar-refractivity contribution in [2.45, 2.75) is 128 Å². The minimum atomic E-state index is -3.01. The maximum atomic E-state index is 13.3. The van der Waals surface area contributed by atoms with Gasteiger partial charge in [-0.05, 0) is 63.3 Å². The Morgan fingerprint density at radius 2 is 1.49 bits per heavy atom. The van der Waals surface area contributed by atoms with Crippen LogP contribution in [0.4, 0.5) is 0 Å². The van der Waals surface area contributed by atoms with Gasteiger partial charge < -0.3 is 35.6 Å². The third-order valence-corrected chi connectivity index (χ3v) is 7.93. The highest BCUT2D eigenvalue weighted by Crippen LogP contribution is 2.26. The molecule has 0 aliphatic carbocycles. The lowest BCUT2D eigenvalue weighted by Gasteiger charge is -2.29. The Bertz CT molecular complexity index is 1160. The summed E-state index contributed by atoms with van der Waals surface area (Å²) in [7, 11) is 0. The molecule has 0 radical (unpaired) electrons. The highest BCUT2D eigenvalue weighted by atomic mass is 16.5. The Morgan fingerprint density at radius 1 is 0.894 bits per heavy atom. The zero-order valence-corrected chi connectivity index (χ0v) is 28.2. The second kappa shape index (κ2) is 22.8. The van der Waals surface area contributed by atoms with E-state index in [4.69, 9.17) is 4.74 Å². The zero-order chi connectivity index (χ0) is 35.2. The number of amides is 1. The van der Waals surface area contributed by atoms with Crippen molar-refractivity contribution in [3.05, 3.63) is 53.6 Å². The van der Waals surface area contributed by atoms with E-state index in [9.17, 15) is 44.7 Å². The van der Waals surface area contributed by atoms with E-state index in [0.717, 1.165) is 56.6 Å². The Kier molecular flexibility index (Phi) is 20.0. The van der Waals surface area contributed by atoms with Gasteiger partial charge in [0.1, 0.15) is 18.4 Å². The number of unbranched alkanes of at least 4 members (excludes halogenated alkanes) is 8. The third-order valence-electron chi connectivity index (χ3n) is 7.93. The number of rotatable bonds is 26. The van der Waals surface area contributed by atoms with Gasteiger partial charge in [-0.1, -0.05) is 88.1 Å². The second-order valence-corrected chi connectivity index (χ2v) is 12.4. The number of ether oxygens (including phenoxy) is 1. The van der Waals surface area contributed by atoms with Crippen LogP contribution in [0.3, 0.4) is 0 Å². The first-order chi connectivity index (χ1) is 22.3. The predicted molar refractivity (Wildman–Crippen MR) is 179 cm³/mol. The standard InChI is InChI=1S/C36H55NO10/c1-4-5-6-9-12-15-28(38)16-13-10-7-8-11-14-17-30(36(46,35(44)45)25-32(39)40)33(41)37-31(34(42)43)24-27-18-20-29(21-19-27)47-23-22-26(2)3/h14,17-22,28,30-31,38,46H,4-13,15-16,23-25H2,1-3H3,(H,37,41)(H,39,40)(H,42,43)(H,44,45)/t28?,30-,31+,36+/m1/s1. The average Bonchev–Trinajstić information content (AvgIpc) is 2.99. The number of benzene rings is 1. The normalized spacial score (nSPS) is 14.5. The molecule has 1 unspecified atom stereocenters. The Labute approximate surface area is 278 Å². The van der Waals surface area contributed by atoms with Crippen LogP contribution in [-0.4, -0.2) is 73.7 Å². The van der Waals surface area contributed by atoms with Crippen LogP contribution in [0.25, 0.3) is 0 Å². The molecular weight excluding hydrogens is 606 g/mol. The largest absolute Gasteiger partial charge is 0.490 e. The molecular formula is C36H55NO10. The van der Waals surface area contributed by atoms with E-state index in [2.05, 4.69) is 12.2 Å². The molecule has 1 amide bonds. The van der Waals surface area contributed by atoms with Crippen molar-refractivity contribution in [2.75, 3.05) is 6.61 Å². The highest BCUT2D eigenvalue weighted by Gasteiger charge is 2.49. The Balaban J connectivity index is 2.83. The first-order valence-corrected chi connectivity index (χ1v) is 16.7. The number of allylic oxidation sites excluding steroid dienone is 2. The lowest BCUT2D eigenvalue weighted by molar-refractivity contribution is -0.172. The molecule has 0 fully saturated rings. The molecule has 4 atom stereocenters. The van der Waals surface area contributed by atoms with Gasteiger partial charge >= 0.3 is 17.9 Å².